The van der Waals surface area contributed by atoms with E-state index < -0.39 is 0 Å². The second-order valence-electron chi connectivity index (χ2n) is 8.27. The van der Waals surface area contributed by atoms with E-state index in [9.17, 15) is 4.79 Å². The van der Waals surface area contributed by atoms with Gasteiger partial charge in [0, 0.05) is 5.69 Å². The second-order valence-corrected chi connectivity index (χ2v) is 8.27. The van der Waals surface area contributed by atoms with Crippen LogP contribution in [-0.2, 0) is 17.6 Å². The Bertz CT molecular complexity index is 797. The molecule has 0 bridgehead atoms. The molecule has 0 radical (unpaired) electrons. The molecular formula is C24H32N3O+. The van der Waals surface area contributed by atoms with Gasteiger partial charge in [0.1, 0.15) is 0 Å². The van der Waals surface area contributed by atoms with Gasteiger partial charge in [-0.05, 0) is 61.4 Å². The number of anilines is 1. The largest absolute Gasteiger partial charge is 0.360 e. The Morgan fingerprint density at radius 1 is 1.04 bits per heavy atom. The summed E-state index contributed by atoms with van der Waals surface area (Å²) in [6.07, 6.45) is 4.98. The van der Waals surface area contributed by atoms with E-state index in [0.717, 1.165) is 26.2 Å². The summed E-state index contributed by atoms with van der Waals surface area (Å²) in [4.78, 5) is 16.4. The Kier molecular flexibility index (Phi) is 5.96. The molecule has 4 rings (SSSR count). The van der Waals surface area contributed by atoms with E-state index in [-0.39, 0.29) is 11.9 Å². The van der Waals surface area contributed by atoms with Crippen molar-refractivity contribution in [3.05, 3.63) is 65.2 Å². The van der Waals surface area contributed by atoms with Crippen LogP contribution in [0.3, 0.4) is 0 Å². The number of rotatable bonds is 5. The lowest BCUT2D eigenvalue weighted by atomic mass is 9.89. The third-order valence-corrected chi connectivity index (χ3v) is 6.25. The first-order chi connectivity index (χ1) is 13.7. The van der Waals surface area contributed by atoms with Gasteiger partial charge in [-0.3, -0.25) is 4.79 Å². The number of hydrogen-bond acceptors (Lipinski definition) is 2. The van der Waals surface area contributed by atoms with Crippen LogP contribution in [0.1, 0.15) is 42.5 Å². The summed E-state index contributed by atoms with van der Waals surface area (Å²) in [6, 6.07) is 17.4. The highest BCUT2D eigenvalue weighted by molar-refractivity contribution is 5.77. The van der Waals surface area contributed by atoms with Crippen molar-refractivity contribution in [2.45, 2.75) is 38.6 Å². The predicted molar refractivity (Wildman–Crippen MR) is 114 cm³/mol. The van der Waals surface area contributed by atoms with E-state index >= 15 is 0 Å². The lowest BCUT2D eigenvalue weighted by Gasteiger charge is -2.33. The molecule has 2 aliphatic rings. The van der Waals surface area contributed by atoms with E-state index in [1.807, 2.05) is 0 Å². The number of piperazine rings is 1. The topological polar surface area (TPSA) is 36.8 Å². The normalized spacial score (nSPS) is 18.4. The van der Waals surface area contributed by atoms with Crippen LogP contribution >= 0.6 is 0 Å². The highest BCUT2D eigenvalue weighted by atomic mass is 16.2. The van der Waals surface area contributed by atoms with Crippen LogP contribution in [0.5, 0.6) is 0 Å². The van der Waals surface area contributed by atoms with E-state index in [1.165, 1.54) is 53.0 Å². The summed E-state index contributed by atoms with van der Waals surface area (Å²) < 4.78 is 0. The fourth-order valence-electron chi connectivity index (χ4n) is 4.52. The van der Waals surface area contributed by atoms with Crippen LogP contribution in [0, 0.1) is 0 Å². The molecule has 1 amide bonds. The molecule has 2 N–H and O–H groups in total. The zero-order valence-corrected chi connectivity index (χ0v) is 16.9. The monoisotopic (exact) mass is 378 g/mol. The maximum atomic E-state index is 12.6. The molecule has 148 valence electrons. The molecule has 2 aromatic carbocycles. The minimum Gasteiger partial charge on any atom is -0.360 e. The number of carbonyl (C=O) groups is 1. The van der Waals surface area contributed by atoms with E-state index in [2.05, 4.69) is 65.7 Å². The summed E-state index contributed by atoms with van der Waals surface area (Å²) in [7, 11) is 0. The smallest absolute Gasteiger partial charge is 0.275 e. The number of para-hydroxylation sites is 1. The SMILES string of the molecule is C[C@H](NC(=O)C[NH+]1CCN(c2ccccc2)CC1)c1ccc2c(c1)CCCC2. The Hall–Kier alpha value is -2.33. The number of aryl methyl sites for hydroxylation is 2. The number of hydrogen-bond donors (Lipinski definition) is 2. The van der Waals surface area contributed by atoms with E-state index in [0.29, 0.717) is 6.54 Å². The molecule has 1 fully saturated rings. The van der Waals surface area contributed by atoms with E-state index in [4.69, 9.17) is 0 Å². The van der Waals surface area contributed by atoms with Crippen molar-refractivity contribution in [3.8, 4) is 0 Å². The summed E-state index contributed by atoms with van der Waals surface area (Å²) in [5.41, 5.74) is 5.49. The van der Waals surface area contributed by atoms with Crippen molar-refractivity contribution in [3.63, 3.8) is 0 Å². The number of carbonyl (C=O) groups excluding carboxylic acids is 1. The van der Waals surface area contributed by atoms with Crippen molar-refractivity contribution < 1.29 is 9.69 Å². The first kappa shape index (κ1) is 19.0. The lowest BCUT2D eigenvalue weighted by molar-refractivity contribution is -0.892. The molecule has 0 spiro atoms. The fraction of sp³-hybridized carbons (Fsp3) is 0.458. The van der Waals surface area contributed by atoms with Gasteiger partial charge < -0.3 is 15.1 Å². The first-order valence-electron chi connectivity index (χ1n) is 10.7. The van der Waals surface area contributed by atoms with Crippen LogP contribution in [0.15, 0.2) is 48.5 Å². The molecule has 1 atom stereocenters. The van der Waals surface area contributed by atoms with Crippen molar-refractivity contribution in [2.24, 2.45) is 0 Å². The average molecular weight is 379 g/mol. The highest BCUT2D eigenvalue weighted by Crippen LogP contribution is 2.24. The molecule has 4 heteroatoms. The molecule has 1 saturated heterocycles. The van der Waals surface area contributed by atoms with Gasteiger partial charge in [-0.2, -0.15) is 0 Å². The Balaban J connectivity index is 1.27. The maximum Gasteiger partial charge on any atom is 0.275 e. The van der Waals surface area contributed by atoms with Gasteiger partial charge in [-0.15, -0.1) is 0 Å². The summed E-state index contributed by atoms with van der Waals surface area (Å²) in [5.74, 6) is 0.161. The third kappa shape index (κ3) is 4.56. The fourth-order valence-corrected chi connectivity index (χ4v) is 4.52. The number of quaternary nitrogens is 1. The Morgan fingerprint density at radius 3 is 2.50 bits per heavy atom. The predicted octanol–water partition coefficient (Wildman–Crippen LogP) is 2.15. The molecule has 0 saturated carbocycles. The van der Waals surface area contributed by atoms with Gasteiger partial charge in [-0.25, -0.2) is 0 Å². The lowest BCUT2D eigenvalue weighted by Crippen LogP contribution is -3.15. The summed E-state index contributed by atoms with van der Waals surface area (Å²) >= 11 is 0. The number of fused-ring (bicyclic) bond motifs is 1. The minimum atomic E-state index is 0.0738. The molecule has 1 aliphatic heterocycles. The Morgan fingerprint density at radius 2 is 1.75 bits per heavy atom. The molecule has 0 aromatic heterocycles. The number of benzene rings is 2. The molecule has 28 heavy (non-hydrogen) atoms. The highest BCUT2D eigenvalue weighted by Gasteiger charge is 2.23. The molecule has 1 aliphatic carbocycles. The molecular weight excluding hydrogens is 346 g/mol. The van der Waals surface area contributed by atoms with Gasteiger partial charge in [0.05, 0.1) is 32.2 Å². The quantitative estimate of drug-likeness (QED) is 0.837. The summed E-state index contributed by atoms with van der Waals surface area (Å²) in [6.45, 7) is 6.70. The van der Waals surface area contributed by atoms with Gasteiger partial charge >= 0.3 is 0 Å². The molecule has 4 nitrogen and oxygen atoms in total. The average Bonchev–Trinajstić information content (AvgIpc) is 2.74. The van der Waals surface area contributed by atoms with Crippen molar-refractivity contribution in [2.75, 3.05) is 37.6 Å². The molecule has 0 unspecified atom stereocenters. The standard InChI is InChI=1S/C24H31N3O/c1-19(21-12-11-20-7-5-6-8-22(20)17-21)25-24(28)18-26-13-15-27(16-14-26)23-9-3-2-4-10-23/h2-4,9-12,17,19H,5-8,13-16,18H2,1H3,(H,25,28)/p+1/t19-/m0/s1. The maximum absolute atomic E-state index is 12.6. The molecule has 2 aromatic rings. The van der Waals surface area contributed by atoms with Gasteiger partial charge in [-0.1, -0.05) is 36.4 Å². The van der Waals surface area contributed by atoms with Crippen LogP contribution in [-0.4, -0.2) is 38.6 Å². The summed E-state index contributed by atoms with van der Waals surface area (Å²) in [5, 5.41) is 3.22. The van der Waals surface area contributed by atoms with Crippen LogP contribution in [0.4, 0.5) is 5.69 Å². The number of nitrogens with one attached hydrogen (secondary N) is 2. The Labute approximate surface area is 168 Å². The first-order valence-corrected chi connectivity index (χ1v) is 10.7. The van der Waals surface area contributed by atoms with Crippen molar-refractivity contribution >= 4 is 11.6 Å². The zero-order valence-electron chi connectivity index (χ0n) is 16.9. The van der Waals surface area contributed by atoms with Crippen LogP contribution in [0.25, 0.3) is 0 Å². The minimum absolute atomic E-state index is 0.0738. The van der Waals surface area contributed by atoms with Crippen molar-refractivity contribution in [1.82, 2.24) is 5.32 Å². The molecule has 1 heterocycles. The third-order valence-electron chi connectivity index (χ3n) is 6.25. The van der Waals surface area contributed by atoms with Crippen molar-refractivity contribution in [1.29, 1.82) is 0 Å². The zero-order chi connectivity index (χ0) is 19.3. The number of nitrogens with zero attached hydrogens (tertiary/aromatic N) is 1. The van der Waals surface area contributed by atoms with Crippen LogP contribution < -0.4 is 15.1 Å². The van der Waals surface area contributed by atoms with E-state index in [1.54, 1.807) is 0 Å². The second kappa shape index (κ2) is 8.78. The van der Waals surface area contributed by atoms with Gasteiger partial charge in [0.25, 0.3) is 5.91 Å². The van der Waals surface area contributed by atoms with Crippen LogP contribution in [0.2, 0.25) is 0 Å². The number of amides is 1. The van der Waals surface area contributed by atoms with Gasteiger partial charge in [0.15, 0.2) is 6.54 Å². The van der Waals surface area contributed by atoms with Gasteiger partial charge in [0.2, 0.25) is 0 Å².